The van der Waals surface area contributed by atoms with Gasteiger partial charge in [0.1, 0.15) is 9.92 Å². The molecular formula is C25H16ClF2N5Na2O8S2. The van der Waals surface area contributed by atoms with Crippen molar-refractivity contribution in [3.8, 4) is 0 Å². The Morgan fingerprint density at radius 1 is 0.822 bits per heavy atom. The molecule has 45 heavy (non-hydrogen) atoms. The third-order valence-corrected chi connectivity index (χ3v) is 8.52. The van der Waals surface area contributed by atoms with E-state index in [1.807, 2.05) is 0 Å². The standard InChI is InChI=1S/C25H16ClF2N5O8S2.2Na/c1-9-13(6-10(42(36,37)38)7-14(9)31-24-19(26)23(27)32-25(28)33-24)30-15-8-16(43(39,40)41)20(29)18-17(15)21(34)11-4-2-3-5-12(11)22(18)35;;/h2-8,30H,29H2,1H3,(H,31,32,33)(H,36,37,38)(H,39,40,41);;. The Bertz CT molecular complexity index is 2160. The first-order valence-electron chi connectivity index (χ1n) is 11.7. The van der Waals surface area contributed by atoms with Crippen molar-refractivity contribution in [2.75, 3.05) is 16.4 Å². The third-order valence-electron chi connectivity index (χ3n) is 6.46. The Morgan fingerprint density at radius 2 is 1.36 bits per heavy atom. The molecule has 13 nitrogen and oxygen atoms in total. The monoisotopic (exact) mass is 697 g/mol. The maximum atomic E-state index is 13.9. The van der Waals surface area contributed by atoms with E-state index in [1.165, 1.54) is 31.2 Å². The van der Waals surface area contributed by atoms with Crippen LogP contribution in [0.2, 0.25) is 5.02 Å². The number of aromatic nitrogens is 2. The average Bonchev–Trinajstić information content (AvgIpc) is 2.91. The molecule has 0 unspecified atom stereocenters. The second-order valence-corrected chi connectivity index (χ2v) is 12.3. The number of carbonyl (C=O) groups is 2. The molecule has 0 aliphatic heterocycles. The summed E-state index contributed by atoms with van der Waals surface area (Å²) < 4.78 is 96.0. The number of fused-ring (bicyclic) bond motifs is 2. The number of hydrogen-bond acceptors (Lipinski definition) is 11. The van der Waals surface area contributed by atoms with Gasteiger partial charge in [-0.3, -0.25) is 18.7 Å². The van der Waals surface area contributed by atoms with Crippen LogP contribution < -0.4 is 16.4 Å². The van der Waals surface area contributed by atoms with Gasteiger partial charge in [-0.25, -0.2) is 0 Å². The summed E-state index contributed by atoms with van der Waals surface area (Å²) in [6.45, 7) is 1.36. The molecule has 2 radical (unpaired) electrons. The molecule has 224 valence electrons. The maximum absolute atomic E-state index is 13.9. The van der Waals surface area contributed by atoms with E-state index in [1.54, 1.807) is 0 Å². The fourth-order valence-electron chi connectivity index (χ4n) is 4.45. The van der Waals surface area contributed by atoms with Crippen LogP contribution in [0.5, 0.6) is 0 Å². The number of nitrogens with zero attached hydrogens (tertiary/aromatic N) is 2. The molecule has 6 N–H and O–H groups in total. The van der Waals surface area contributed by atoms with Crippen molar-refractivity contribution >= 4 is 131 Å². The molecule has 5 rings (SSSR count). The summed E-state index contributed by atoms with van der Waals surface area (Å²) in [5, 5.41) is 4.34. The zero-order valence-corrected chi connectivity index (χ0v) is 29.7. The van der Waals surface area contributed by atoms with Gasteiger partial charge in [0, 0.05) is 81.6 Å². The molecule has 0 spiro atoms. The molecular weight excluding hydrogens is 682 g/mol. The predicted octanol–water partition coefficient (Wildman–Crippen LogP) is 3.29. The largest absolute Gasteiger partial charge is 0.397 e. The van der Waals surface area contributed by atoms with Crippen LogP contribution in [0.15, 0.2) is 52.3 Å². The molecule has 1 aliphatic rings. The first-order valence-corrected chi connectivity index (χ1v) is 14.9. The number of nitrogen functional groups attached to an aromatic ring is 1. The Balaban J connectivity index is 0.00000276. The molecule has 0 amide bonds. The van der Waals surface area contributed by atoms with Crippen molar-refractivity contribution in [1.82, 2.24) is 9.97 Å². The molecule has 1 aliphatic carbocycles. The summed E-state index contributed by atoms with van der Waals surface area (Å²) in [5.74, 6) is -3.65. The number of rotatable bonds is 6. The maximum Gasteiger partial charge on any atom is 0.313 e. The molecule has 0 saturated heterocycles. The normalized spacial score (nSPS) is 12.4. The van der Waals surface area contributed by atoms with Crippen LogP contribution in [-0.4, -0.2) is 107 Å². The van der Waals surface area contributed by atoms with Gasteiger partial charge in [0.15, 0.2) is 17.4 Å². The molecule has 1 aromatic heterocycles. The van der Waals surface area contributed by atoms with E-state index in [0.29, 0.717) is 0 Å². The number of nitrogens with one attached hydrogen (secondary N) is 2. The summed E-state index contributed by atoms with van der Waals surface area (Å²) in [6.07, 6.45) is -1.51. The van der Waals surface area contributed by atoms with Gasteiger partial charge in [0.25, 0.3) is 20.2 Å². The van der Waals surface area contributed by atoms with Crippen molar-refractivity contribution in [1.29, 1.82) is 0 Å². The Hall–Kier alpha value is -2.55. The first kappa shape index (κ1) is 36.9. The minimum atomic E-state index is -5.08. The van der Waals surface area contributed by atoms with Crippen LogP contribution in [0.25, 0.3) is 0 Å². The number of benzene rings is 3. The Labute approximate surface area is 303 Å². The SMILES string of the molecule is Cc1c(Nc2cc(S(=O)(=O)O)c(N)c3c2C(=O)c2ccccc2C3=O)cc(S(=O)(=O)O)cc1Nc1nc(F)nc(F)c1Cl.[Na].[Na]. The fraction of sp³-hybridized carbons (Fsp3) is 0.0400. The molecule has 0 atom stereocenters. The number of nitrogens with two attached hydrogens (primary N) is 1. The number of ketones is 2. The van der Waals surface area contributed by atoms with Gasteiger partial charge in [-0.15, -0.1) is 0 Å². The number of hydrogen-bond donors (Lipinski definition) is 5. The van der Waals surface area contributed by atoms with Crippen LogP contribution in [0, 0.1) is 18.9 Å². The molecule has 0 fully saturated rings. The van der Waals surface area contributed by atoms with Gasteiger partial charge in [-0.05, 0) is 30.7 Å². The van der Waals surface area contributed by atoms with Crippen molar-refractivity contribution in [3.63, 3.8) is 0 Å². The van der Waals surface area contributed by atoms with Crippen molar-refractivity contribution in [3.05, 3.63) is 87.3 Å². The summed E-state index contributed by atoms with van der Waals surface area (Å²) >= 11 is 5.82. The molecule has 0 bridgehead atoms. The summed E-state index contributed by atoms with van der Waals surface area (Å²) in [7, 11) is -10.0. The zero-order valence-electron chi connectivity index (χ0n) is 23.3. The van der Waals surface area contributed by atoms with Gasteiger partial charge in [0.05, 0.1) is 27.4 Å². The number of halogens is 3. The van der Waals surface area contributed by atoms with Gasteiger partial charge in [-0.1, -0.05) is 35.9 Å². The van der Waals surface area contributed by atoms with E-state index >= 15 is 0 Å². The van der Waals surface area contributed by atoms with Crippen LogP contribution in [0.4, 0.5) is 37.3 Å². The topological polar surface area (TPSA) is 219 Å². The summed E-state index contributed by atoms with van der Waals surface area (Å²) in [6, 6.07) is 8.16. The smallest absolute Gasteiger partial charge is 0.313 e. The molecule has 0 saturated carbocycles. The average molecular weight is 698 g/mol. The Morgan fingerprint density at radius 3 is 1.89 bits per heavy atom. The van der Waals surface area contributed by atoms with Gasteiger partial charge >= 0.3 is 6.08 Å². The van der Waals surface area contributed by atoms with E-state index < -0.39 is 87.0 Å². The number of anilines is 5. The second-order valence-electron chi connectivity index (χ2n) is 9.08. The zero-order chi connectivity index (χ0) is 31.6. The fourth-order valence-corrected chi connectivity index (χ4v) is 5.76. The van der Waals surface area contributed by atoms with Crippen molar-refractivity contribution in [2.45, 2.75) is 16.7 Å². The molecule has 4 aromatic rings. The van der Waals surface area contributed by atoms with E-state index in [9.17, 15) is 44.3 Å². The van der Waals surface area contributed by atoms with Crippen LogP contribution >= 0.6 is 11.6 Å². The van der Waals surface area contributed by atoms with Crippen LogP contribution in [0.1, 0.15) is 37.4 Å². The van der Waals surface area contributed by atoms with Crippen LogP contribution in [-0.2, 0) is 20.2 Å². The predicted molar refractivity (Wildman–Crippen MR) is 160 cm³/mol. The minimum absolute atomic E-state index is 0. The minimum Gasteiger partial charge on any atom is -0.397 e. The summed E-state index contributed by atoms with van der Waals surface area (Å²) in [4.78, 5) is 31.5. The molecule has 20 heteroatoms. The molecule has 3 aromatic carbocycles. The second kappa shape index (κ2) is 13.3. The van der Waals surface area contributed by atoms with Gasteiger partial charge in [0.2, 0.25) is 5.95 Å². The van der Waals surface area contributed by atoms with Gasteiger partial charge < -0.3 is 16.4 Å². The third kappa shape index (κ3) is 6.93. The first-order chi connectivity index (χ1) is 20.0. The van der Waals surface area contributed by atoms with Gasteiger partial charge in [-0.2, -0.15) is 35.6 Å². The van der Waals surface area contributed by atoms with Crippen LogP contribution in [0.3, 0.4) is 0 Å². The molecule has 1 heterocycles. The van der Waals surface area contributed by atoms with Crippen molar-refractivity contribution in [2.24, 2.45) is 0 Å². The number of carbonyl (C=O) groups excluding carboxylic acids is 2. The quantitative estimate of drug-likeness (QED) is 0.0566. The van der Waals surface area contributed by atoms with E-state index in [4.69, 9.17) is 17.3 Å². The summed E-state index contributed by atoms with van der Waals surface area (Å²) in [5.41, 5.74) is 3.40. The van der Waals surface area contributed by atoms with Crippen molar-refractivity contribution < 1.29 is 44.3 Å². The van der Waals surface area contributed by atoms with E-state index in [-0.39, 0.29) is 87.2 Å². The van der Waals surface area contributed by atoms with E-state index in [0.717, 1.165) is 18.2 Å². The van der Waals surface area contributed by atoms with E-state index in [2.05, 4.69) is 20.6 Å². The Kier molecular flexibility index (Phi) is 10.9.